The van der Waals surface area contributed by atoms with E-state index >= 15 is 0 Å². The highest BCUT2D eigenvalue weighted by Crippen LogP contribution is 2.16. The summed E-state index contributed by atoms with van der Waals surface area (Å²) >= 11 is 0. The molecule has 1 rings (SSSR count). The molecule has 0 aliphatic carbocycles. The van der Waals surface area contributed by atoms with E-state index in [4.69, 9.17) is 10.00 Å². The van der Waals surface area contributed by atoms with E-state index in [2.05, 4.69) is 6.92 Å². The van der Waals surface area contributed by atoms with Gasteiger partial charge in [-0.25, -0.2) is 4.39 Å². The number of hydrogen-bond acceptors (Lipinski definition) is 2. The summed E-state index contributed by atoms with van der Waals surface area (Å²) in [4.78, 5) is 0. The van der Waals surface area contributed by atoms with Crippen LogP contribution in [-0.2, 0) is 0 Å². The van der Waals surface area contributed by atoms with Crippen molar-refractivity contribution in [1.82, 2.24) is 0 Å². The zero-order chi connectivity index (χ0) is 10.4. The molecule has 2 nitrogen and oxygen atoms in total. The van der Waals surface area contributed by atoms with Crippen molar-refractivity contribution in [3.05, 3.63) is 29.6 Å². The lowest BCUT2D eigenvalue weighted by molar-refractivity contribution is 0.308. The number of ether oxygens (including phenoxy) is 1. The van der Waals surface area contributed by atoms with Crippen LogP contribution in [0.25, 0.3) is 0 Å². The van der Waals surface area contributed by atoms with E-state index in [1.165, 1.54) is 12.1 Å². The van der Waals surface area contributed by atoms with Crippen molar-refractivity contribution < 1.29 is 9.13 Å². The molecule has 14 heavy (non-hydrogen) atoms. The second kappa shape index (κ2) is 5.23. The second-order valence-corrected chi connectivity index (χ2v) is 2.99. The van der Waals surface area contributed by atoms with E-state index < -0.39 is 5.82 Å². The first-order chi connectivity index (χ1) is 6.76. The van der Waals surface area contributed by atoms with Gasteiger partial charge in [-0.1, -0.05) is 13.3 Å². The largest absolute Gasteiger partial charge is 0.493 e. The van der Waals surface area contributed by atoms with Crippen LogP contribution in [0, 0.1) is 17.1 Å². The summed E-state index contributed by atoms with van der Waals surface area (Å²) in [6.07, 6.45) is 1.96. The number of nitriles is 1. The van der Waals surface area contributed by atoms with Gasteiger partial charge in [0.2, 0.25) is 0 Å². The maximum atomic E-state index is 12.9. The Morgan fingerprint density at radius 3 is 2.86 bits per heavy atom. The lowest BCUT2D eigenvalue weighted by Gasteiger charge is -2.05. The molecular weight excluding hydrogens is 181 g/mol. The number of unbranched alkanes of at least 4 members (excludes halogenated alkanes) is 1. The molecule has 0 aliphatic rings. The summed E-state index contributed by atoms with van der Waals surface area (Å²) in [6.45, 7) is 2.61. The zero-order valence-electron chi connectivity index (χ0n) is 8.09. The van der Waals surface area contributed by atoms with Crippen molar-refractivity contribution in [2.45, 2.75) is 19.8 Å². The third-order valence-corrected chi connectivity index (χ3v) is 1.77. The quantitative estimate of drug-likeness (QED) is 0.689. The lowest BCUT2D eigenvalue weighted by atomic mass is 10.2. The van der Waals surface area contributed by atoms with Crippen LogP contribution >= 0.6 is 0 Å². The van der Waals surface area contributed by atoms with Crippen molar-refractivity contribution in [3.8, 4) is 11.8 Å². The highest BCUT2D eigenvalue weighted by atomic mass is 19.1. The summed E-state index contributed by atoms with van der Waals surface area (Å²) in [5, 5.41) is 8.59. The van der Waals surface area contributed by atoms with Crippen LogP contribution in [-0.4, -0.2) is 6.61 Å². The SMILES string of the molecule is CCCCOc1cc(F)cc(C#N)c1. The first kappa shape index (κ1) is 10.5. The van der Waals surface area contributed by atoms with E-state index in [-0.39, 0.29) is 5.56 Å². The van der Waals surface area contributed by atoms with Gasteiger partial charge in [-0.3, -0.25) is 0 Å². The molecule has 0 saturated heterocycles. The number of rotatable bonds is 4. The van der Waals surface area contributed by atoms with E-state index in [9.17, 15) is 4.39 Å². The molecule has 0 amide bonds. The van der Waals surface area contributed by atoms with Gasteiger partial charge in [-0.15, -0.1) is 0 Å². The summed E-state index contributed by atoms with van der Waals surface area (Å²) in [6, 6.07) is 5.89. The van der Waals surface area contributed by atoms with Gasteiger partial charge in [-0.05, 0) is 18.6 Å². The molecular formula is C11H12FNO. The highest BCUT2D eigenvalue weighted by molar-refractivity contribution is 5.36. The molecule has 0 N–H and O–H groups in total. The van der Waals surface area contributed by atoms with Crippen molar-refractivity contribution >= 4 is 0 Å². The molecule has 0 aromatic heterocycles. The van der Waals surface area contributed by atoms with Crippen LogP contribution in [0.3, 0.4) is 0 Å². The Kier molecular flexibility index (Phi) is 3.93. The summed E-state index contributed by atoms with van der Waals surface area (Å²) in [5.74, 6) is -0.00875. The molecule has 0 aliphatic heterocycles. The predicted molar refractivity (Wildman–Crippen MR) is 51.5 cm³/mol. The number of halogens is 1. The third kappa shape index (κ3) is 3.06. The fraction of sp³-hybridized carbons (Fsp3) is 0.364. The number of hydrogen-bond donors (Lipinski definition) is 0. The summed E-state index contributed by atoms with van der Waals surface area (Å²) in [7, 11) is 0. The van der Waals surface area contributed by atoms with Gasteiger partial charge in [0.1, 0.15) is 11.6 Å². The van der Waals surface area contributed by atoms with Crippen LogP contribution in [0.4, 0.5) is 4.39 Å². The van der Waals surface area contributed by atoms with Crippen molar-refractivity contribution in [3.63, 3.8) is 0 Å². The first-order valence-corrected chi connectivity index (χ1v) is 4.59. The zero-order valence-corrected chi connectivity index (χ0v) is 8.09. The molecule has 3 heteroatoms. The van der Waals surface area contributed by atoms with E-state index in [0.717, 1.165) is 12.8 Å². The molecule has 0 atom stereocenters. The smallest absolute Gasteiger partial charge is 0.128 e. The topological polar surface area (TPSA) is 33.0 Å². The van der Waals surface area contributed by atoms with Crippen LogP contribution in [0.5, 0.6) is 5.75 Å². The number of benzene rings is 1. The minimum atomic E-state index is -0.435. The average Bonchev–Trinajstić information content (AvgIpc) is 2.17. The fourth-order valence-corrected chi connectivity index (χ4v) is 1.04. The minimum Gasteiger partial charge on any atom is -0.493 e. The monoisotopic (exact) mass is 193 g/mol. The van der Waals surface area contributed by atoms with Gasteiger partial charge in [0.15, 0.2) is 0 Å². The predicted octanol–water partition coefficient (Wildman–Crippen LogP) is 2.88. The Morgan fingerprint density at radius 2 is 2.21 bits per heavy atom. The summed E-state index contributed by atoms with van der Waals surface area (Å²) < 4.78 is 18.2. The van der Waals surface area contributed by atoms with Crippen LogP contribution in [0.15, 0.2) is 18.2 Å². The highest BCUT2D eigenvalue weighted by Gasteiger charge is 2.00. The molecule has 1 aromatic carbocycles. The molecule has 0 unspecified atom stereocenters. The van der Waals surface area contributed by atoms with Crippen LogP contribution in [0.2, 0.25) is 0 Å². The van der Waals surface area contributed by atoms with Crippen molar-refractivity contribution in [1.29, 1.82) is 5.26 Å². The van der Waals surface area contributed by atoms with Crippen LogP contribution < -0.4 is 4.74 Å². The molecule has 0 radical (unpaired) electrons. The Morgan fingerprint density at radius 1 is 1.43 bits per heavy atom. The molecule has 0 bridgehead atoms. The Balaban J connectivity index is 2.68. The first-order valence-electron chi connectivity index (χ1n) is 4.59. The molecule has 0 saturated carbocycles. The van der Waals surface area contributed by atoms with Crippen molar-refractivity contribution in [2.75, 3.05) is 6.61 Å². The van der Waals surface area contributed by atoms with Gasteiger partial charge in [0, 0.05) is 6.07 Å². The lowest BCUT2D eigenvalue weighted by Crippen LogP contribution is -1.97. The third-order valence-electron chi connectivity index (χ3n) is 1.77. The standard InChI is InChI=1S/C11H12FNO/c1-2-3-4-14-11-6-9(8-13)5-10(12)7-11/h5-7H,2-4H2,1H3. The Bertz CT molecular complexity index is 344. The maximum Gasteiger partial charge on any atom is 0.128 e. The van der Waals surface area contributed by atoms with Crippen molar-refractivity contribution in [2.24, 2.45) is 0 Å². The van der Waals surface area contributed by atoms with Gasteiger partial charge in [-0.2, -0.15) is 5.26 Å². The Hall–Kier alpha value is -1.56. The molecule has 0 spiro atoms. The van der Waals surface area contributed by atoms with E-state index in [0.29, 0.717) is 12.4 Å². The van der Waals surface area contributed by atoms with E-state index in [1.807, 2.05) is 6.07 Å². The summed E-state index contributed by atoms with van der Waals surface area (Å²) in [5.41, 5.74) is 0.288. The fourth-order valence-electron chi connectivity index (χ4n) is 1.04. The maximum absolute atomic E-state index is 12.9. The Labute approximate surface area is 82.9 Å². The molecule has 1 aromatic rings. The second-order valence-electron chi connectivity index (χ2n) is 2.99. The van der Waals surface area contributed by atoms with E-state index in [1.54, 1.807) is 6.07 Å². The van der Waals surface area contributed by atoms with Gasteiger partial charge in [0.25, 0.3) is 0 Å². The van der Waals surface area contributed by atoms with Gasteiger partial charge in [0.05, 0.1) is 18.2 Å². The molecule has 0 heterocycles. The van der Waals surface area contributed by atoms with Crippen LogP contribution in [0.1, 0.15) is 25.3 Å². The number of nitrogens with zero attached hydrogens (tertiary/aromatic N) is 1. The normalized spacial score (nSPS) is 9.50. The average molecular weight is 193 g/mol. The van der Waals surface area contributed by atoms with Gasteiger partial charge < -0.3 is 4.74 Å². The molecule has 0 fully saturated rings. The minimum absolute atomic E-state index is 0.288. The molecule has 74 valence electrons. The van der Waals surface area contributed by atoms with Gasteiger partial charge >= 0.3 is 0 Å².